The molecule has 1 unspecified atom stereocenters. The minimum atomic E-state index is -0.781. The number of benzene rings is 2. The van der Waals surface area contributed by atoms with Crippen molar-refractivity contribution >= 4 is 11.6 Å². The van der Waals surface area contributed by atoms with Gasteiger partial charge < -0.3 is 14.6 Å². The zero-order valence-corrected chi connectivity index (χ0v) is 18.8. The molecule has 1 atom stereocenters. The lowest BCUT2D eigenvalue weighted by Crippen LogP contribution is -2.33. The van der Waals surface area contributed by atoms with Crippen LogP contribution in [-0.4, -0.2) is 38.1 Å². The van der Waals surface area contributed by atoms with Gasteiger partial charge in [0.25, 0.3) is 5.56 Å². The van der Waals surface area contributed by atoms with Crippen LogP contribution < -0.4 is 20.7 Å². The van der Waals surface area contributed by atoms with Crippen LogP contribution in [0.5, 0.6) is 17.4 Å². The van der Waals surface area contributed by atoms with E-state index >= 15 is 0 Å². The maximum atomic E-state index is 12.8. The normalized spacial score (nSPS) is 16.6. The molecule has 34 heavy (non-hydrogen) atoms. The van der Waals surface area contributed by atoms with Gasteiger partial charge in [0, 0.05) is 13.3 Å². The molecule has 1 aromatic heterocycles. The van der Waals surface area contributed by atoms with Gasteiger partial charge >= 0.3 is 5.69 Å². The number of rotatable bonds is 3. The Balaban J connectivity index is 1.61. The van der Waals surface area contributed by atoms with Gasteiger partial charge in [0.1, 0.15) is 5.56 Å². The first-order chi connectivity index (χ1) is 16.2. The van der Waals surface area contributed by atoms with Gasteiger partial charge in [0.05, 0.1) is 17.4 Å². The van der Waals surface area contributed by atoms with Crippen LogP contribution in [0.2, 0.25) is 0 Å². The van der Waals surface area contributed by atoms with Crippen molar-refractivity contribution in [2.24, 2.45) is 5.10 Å². The van der Waals surface area contributed by atoms with Gasteiger partial charge in [0.15, 0.2) is 11.5 Å². The van der Waals surface area contributed by atoms with Gasteiger partial charge in [-0.1, -0.05) is 12.1 Å². The number of ether oxygens (including phenoxy) is 2. The van der Waals surface area contributed by atoms with Crippen molar-refractivity contribution in [3.05, 3.63) is 79.5 Å². The van der Waals surface area contributed by atoms with Crippen LogP contribution in [-0.2, 0) is 4.79 Å². The highest BCUT2D eigenvalue weighted by Gasteiger charge is 2.35. The van der Waals surface area contributed by atoms with Gasteiger partial charge in [-0.2, -0.15) is 5.10 Å². The smallest absolute Gasteiger partial charge is 0.335 e. The molecule has 2 N–H and O–H groups in total. The van der Waals surface area contributed by atoms with E-state index in [1.165, 1.54) is 11.9 Å². The topological polar surface area (TPSA) is 126 Å². The molecule has 0 aliphatic carbocycles. The summed E-state index contributed by atoms with van der Waals surface area (Å²) in [5.74, 6) is 0.286. The van der Waals surface area contributed by atoms with Crippen LogP contribution >= 0.6 is 0 Å². The molecule has 2 aliphatic heterocycles. The predicted molar refractivity (Wildman–Crippen MR) is 123 cm³/mol. The molecule has 0 radical (unpaired) electrons. The Morgan fingerprint density at radius 1 is 1.09 bits per heavy atom. The van der Waals surface area contributed by atoms with Crippen LogP contribution in [0.15, 0.2) is 51.1 Å². The summed E-state index contributed by atoms with van der Waals surface area (Å²) < 4.78 is 11.8. The van der Waals surface area contributed by atoms with E-state index in [-0.39, 0.29) is 30.4 Å². The summed E-state index contributed by atoms with van der Waals surface area (Å²) in [7, 11) is 0. The molecule has 0 spiro atoms. The van der Waals surface area contributed by atoms with Crippen molar-refractivity contribution < 1.29 is 19.4 Å². The Bertz CT molecular complexity index is 1470. The molecule has 10 heteroatoms. The molecule has 174 valence electrons. The Morgan fingerprint density at radius 3 is 2.50 bits per heavy atom. The minimum Gasteiger partial charge on any atom is -0.493 e. The minimum absolute atomic E-state index is 0.116. The number of amides is 1. The van der Waals surface area contributed by atoms with Crippen LogP contribution in [0.1, 0.15) is 41.6 Å². The number of aryl methyl sites for hydroxylation is 2. The van der Waals surface area contributed by atoms with Crippen molar-refractivity contribution in [3.8, 4) is 23.1 Å². The highest BCUT2D eigenvalue weighted by atomic mass is 16.7. The van der Waals surface area contributed by atoms with Crippen molar-refractivity contribution in [2.75, 3.05) is 6.79 Å². The van der Waals surface area contributed by atoms with E-state index in [1.54, 1.807) is 30.3 Å². The monoisotopic (exact) mass is 462 g/mol. The zero-order valence-electron chi connectivity index (χ0n) is 18.8. The van der Waals surface area contributed by atoms with E-state index in [9.17, 15) is 19.5 Å². The molecule has 2 aromatic carbocycles. The van der Waals surface area contributed by atoms with Crippen LogP contribution in [0.3, 0.4) is 0 Å². The van der Waals surface area contributed by atoms with Gasteiger partial charge in [-0.15, -0.1) is 0 Å². The van der Waals surface area contributed by atoms with Gasteiger partial charge in [-0.05, 0) is 54.8 Å². The van der Waals surface area contributed by atoms with E-state index in [4.69, 9.17) is 9.47 Å². The number of hydrogen-bond acceptors (Lipinski definition) is 7. The predicted octanol–water partition coefficient (Wildman–Crippen LogP) is 2.27. The molecule has 3 heterocycles. The number of nitrogens with one attached hydrogen (secondary N) is 1. The first kappa shape index (κ1) is 21.5. The van der Waals surface area contributed by atoms with Crippen molar-refractivity contribution in [1.29, 1.82) is 0 Å². The number of nitrogens with zero attached hydrogens (tertiary/aromatic N) is 3. The summed E-state index contributed by atoms with van der Waals surface area (Å²) in [6, 6.07) is 10.2. The highest BCUT2D eigenvalue weighted by molar-refractivity contribution is 6.04. The average Bonchev–Trinajstić information content (AvgIpc) is 3.39. The summed E-state index contributed by atoms with van der Waals surface area (Å²) in [6.45, 7) is 5.22. The van der Waals surface area contributed by atoms with Crippen molar-refractivity contribution in [1.82, 2.24) is 14.6 Å². The molecule has 0 fully saturated rings. The number of H-pyrrole nitrogens is 1. The Labute approximate surface area is 193 Å². The van der Waals surface area contributed by atoms with Crippen molar-refractivity contribution in [3.63, 3.8) is 0 Å². The van der Waals surface area contributed by atoms with Gasteiger partial charge in [-0.25, -0.2) is 14.4 Å². The quantitative estimate of drug-likeness (QED) is 0.615. The highest BCUT2D eigenvalue weighted by Crippen LogP contribution is 2.39. The van der Waals surface area contributed by atoms with Crippen LogP contribution in [0.4, 0.5) is 0 Å². The number of aromatic hydroxyl groups is 1. The third-order valence-corrected chi connectivity index (χ3v) is 5.85. The van der Waals surface area contributed by atoms with Gasteiger partial charge in [-0.3, -0.25) is 14.6 Å². The molecule has 0 saturated carbocycles. The third-order valence-electron chi connectivity index (χ3n) is 5.85. The fourth-order valence-corrected chi connectivity index (χ4v) is 4.44. The second-order valence-corrected chi connectivity index (χ2v) is 8.38. The summed E-state index contributed by atoms with van der Waals surface area (Å²) in [5.41, 5.74) is 1.39. The van der Waals surface area contributed by atoms with Crippen LogP contribution in [0.25, 0.3) is 5.69 Å². The lowest BCUT2D eigenvalue weighted by atomic mass is 9.98. The van der Waals surface area contributed by atoms with Crippen molar-refractivity contribution in [2.45, 2.75) is 33.2 Å². The molecule has 3 aromatic rings. The fourth-order valence-electron chi connectivity index (χ4n) is 4.44. The number of carbonyl (C=O) groups excluding carboxylic acids is 1. The SMILES string of the molecule is CC(=O)N1N=C(c2c(O)n(-c3cc(C)cc(C)c3)c(=O)[nH]c2=O)CC1c1ccc2c(c1)OCO2. The largest absolute Gasteiger partial charge is 0.493 e. The van der Waals surface area contributed by atoms with Gasteiger partial charge in [0.2, 0.25) is 18.6 Å². The summed E-state index contributed by atoms with van der Waals surface area (Å²) in [4.78, 5) is 40.1. The molecule has 2 aliphatic rings. The van der Waals surface area contributed by atoms with Crippen LogP contribution in [0, 0.1) is 13.8 Å². The fraction of sp³-hybridized carbons (Fsp3) is 0.250. The van der Waals surface area contributed by atoms with E-state index in [0.717, 1.165) is 21.3 Å². The zero-order chi connectivity index (χ0) is 24.1. The number of hydrazone groups is 1. The standard InChI is InChI=1S/C24H22N4O6/c1-12-6-13(2)8-16(7-12)27-23(31)21(22(30)25-24(27)32)17-10-18(28(26-17)14(3)29)15-4-5-19-20(9-15)34-11-33-19/h4-9,18,31H,10-11H2,1-3H3,(H,25,30,32). The summed E-state index contributed by atoms with van der Waals surface area (Å²) >= 11 is 0. The maximum absolute atomic E-state index is 12.8. The second-order valence-electron chi connectivity index (χ2n) is 8.38. The average molecular weight is 462 g/mol. The Kier molecular flexibility index (Phi) is 5.00. The molecule has 5 rings (SSSR count). The van der Waals surface area contributed by atoms with E-state index in [2.05, 4.69) is 10.1 Å². The molecule has 0 bridgehead atoms. The third kappa shape index (κ3) is 3.53. The van der Waals surface area contributed by atoms with E-state index < -0.39 is 23.2 Å². The molecule has 0 saturated heterocycles. The number of hydrogen-bond donors (Lipinski definition) is 2. The molecular weight excluding hydrogens is 440 g/mol. The first-order valence-corrected chi connectivity index (χ1v) is 10.7. The maximum Gasteiger partial charge on any atom is 0.335 e. The summed E-state index contributed by atoms with van der Waals surface area (Å²) in [5, 5.41) is 16.7. The number of aromatic nitrogens is 2. The number of fused-ring (bicyclic) bond motifs is 1. The Morgan fingerprint density at radius 2 is 1.79 bits per heavy atom. The number of aromatic amines is 1. The lowest BCUT2D eigenvalue weighted by Gasteiger charge is -2.20. The summed E-state index contributed by atoms with van der Waals surface area (Å²) in [6.07, 6.45) is 0.154. The lowest BCUT2D eigenvalue weighted by molar-refractivity contribution is -0.130. The first-order valence-electron chi connectivity index (χ1n) is 10.7. The Hall–Kier alpha value is -4.34. The van der Waals surface area contributed by atoms with E-state index in [1.807, 2.05) is 19.9 Å². The second kappa shape index (κ2) is 7.91. The molecule has 10 nitrogen and oxygen atoms in total. The molecule has 1 amide bonds. The number of carbonyl (C=O) groups is 1. The molecular formula is C24H22N4O6. The van der Waals surface area contributed by atoms with E-state index in [0.29, 0.717) is 17.2 Å².